The lowest BCUT2D eigenvalue weighted by Gasteiger charge is -2.24. The molecule has 0 bridgehead atoms. The summed E-state index contributed by atoms with van der Waals surface area (Å²) in [6.45, 7) is 9.44. The Bertz CT molecular complexity index is 785. The number of aliphatic hydroxyl groups excluding tert-OH is 1. The van der Waals surface area contributed by atoms with Crippen LogP contribution in [0.4, 0.5) is 0 Å². The summed E-state index contributed by atoms with van der Waals surface area (Å²) in [5.74, 6) is -0.209. The third-order valence-corrected chi connectivity index (χ3v) is 9.62. The predicted molar refractivity (Wildman–Crippen MR) is 215 cm³/mol. The third-order valence-electron chi connectivity index (χ3n) is 8.61. The molecule has 0 aromatic rings. The van der Waals surface area contributed by atoms with Crippen molar-refractivity contribution < 1.29 is 47.1 Å². The number of unbranched alkanes of at least 4 members (excludes halogenated alkanes) is 17. The van der Waals surface area contributed by atoms with Crippen molar-refractivity contribution >= 4 is 13.8 Å². The minimum absolute atomic E-state index is 0.0180. The van der Waals surface area contributed by atoms with E-state index in [9.17, 15) is 14.3 Å². The summed E-state index contributed by atoms with van der Waals surface area (Å²) in [5, 5.41) is 12.6. The summed E-state index contributed by atoms with van der Waals surface area (Å²) >= 11 is 0. The van der Waals surface area contributed by atoms with Crippen LogP contribution in [0.2, 0.25) is 0 Å². The molecule has 0 heterocycles. The highest BCUT2D eigenvalue weighted by Crippen LogP contribution is 2.43. The third kappa shape index (κ3) is 49.4. The van der Waals surface area contributed by atoms with Crippen molar-refractivity contribution in [3.05, 3.63) is 0 Å². The maximum atomic E-state index is 11.7. The molecule has 0 saturated carbocycles. The molecule has 12 heteroatoms. The number of nitrogens with one attached hydrogen (secondary N) is 1. The number of nitrogens with zero attached hydrogens (tertiary/aromatic N) is 1. The van der Waals surface area contributed by atoms with E-state index in [0.29, 0.717) is 37.1 Å². The number of phosphoric acid groups is 1. The van der Waals surface area contributed by atoms with Crippen LogP contribution in [0.1, 0.15) is 162 Å². The van der Waals surface area contributed by atoms with E-state index in [2.05, 4.69) is 12.2 Å². The second-order valence-corrected chi connectivity index (χ2v) is 16.6. The molecule has 2 atom stereocenters. The summed E-state index contributed by atoms with van der Waals surface area (Å²) in [6, 6.07) is 0. The van der Waals surface area contributed by atoms with Crippen LogP contribution in [0.25, 0.3) is 0 Å². The fourth-order valence-corrected chi connectivity index (χ4v) is 6.06. The average Bonchev–Trinajstić information content (AvgIpc) is 3.08. The van der Waals surface area contributed by atoms with E-state index >= 15 is 0 Å². The molecule has 314 valence electrons. The molecule has 0 fully saturated rings. The molecule has 0 aromatic carbocycles. The summed E-state index contributed by atoms with van der Waals surface area (Å²) < 4.78 is 37.7. The number of carbonyl (C=O) groups excluding carboxylic acids is 1. The number of carbonyl (C=O) groups is 1. The number of rotatable bonds is 39. The number of ether oxygens (including phenoxy) is 3. The first-order valence-electron chi connectivity index (χ1n) is 21.0. The standard InChI is InChI=1S/C24H50NO6P.C16H35NO3/c1-5-6-7-8-9-10-11-12-13-14-15-16-17-19-24(26)29-21-18-22-30-32(27,28)31-23-20-25(2,3)4;1-16(18)10-7-5-3-4-6-8-11-17-12-9-13-20-15-14-19-2/h5-23H2,1-4H3;16-18H,3-15H2,1-2H3/p+1. The Balaban J connectivity index is 0. The first-order valence-corrected chi connectivity index (χ1v) is 22.5. The summed E-state index contributed by atoms with van der Waals surface area (Å²) in [6.07, 6.45) is 26.9. The maximum Gasteiger partial charge on any atom is 0.472 e. The maximum absolute atomic E-state index is 11.7. The van der Waals surface area contributed by atoms with Crippen molar-refractivity contribution in [1.82, 2.24) is 5.32 Å². The van der Waals surface area contributed by atoms with Crippen molar-refractivity contribution in [2.24, 2.45) is 0 Å². The number of quaternary nitrogens is 1. The van der Waals surface area contributed by atoms with E-state index in [1.54, 1.807) is 7.11 Å². The Morgan fingerprint density at radius 2 is 1.17 bits per heavy atom. The first kappa shape index (κ1) is 53.5. The SMILES string of the molecule is CCCCCCCCCCCCCCCC(=O)OCCCOP(=O)(O)OCC[N+](C)(C)C.COCCOCCCNCCCCCCCCC(C)O. The topological polar surface area (TPSA) is 133 Å². The van der Waals surface area contributed by atoms with Crippen LogP contribution in [0.3, 0.4) is 0 Å². The van der Waals surface area contributed by atoms with Gasteiger partial charge in [-0.1, -0.05) is 116 Å². The van der Waals surface area contributed by atoms with Crippen LogP contribution in [0, 0.1) is 0 Å². The van der Waals surface area contributed by atoms with Gasteiger partial charge in [-0.3, -0.25) is 13.8 Å². The van der Waals surface area contributed by atoms with Gasteiger partial charge in [0.05, 0.1) is 53.7 Å². The highest BCUT2D eigenvalue weighted by atomic mass is 31.2. The Labute approximate surface area is 320 Å². The van der Waals surface area contributed by atoms with Gasteiger partial charge in [0.25, 0.3) is 0 Å². The zero-order chi connectivity index (χ0) is 39.0. The van der Waals surface area contributed by atoms with Gasteiger partial charge >= 0.3 is 13.8 Å². The van der Waals surface area contributed by atoms with E-state index in [-0.39, 0.29) is 31.9 Å². The van der Waals surface area contributed by atoms with Crippen LogP contribution in [0.5, 0.6) is 0 Å². The molecule has 52 heavy (non-hydrogen) atoms. The molecule has 0 aliphatic carbocycles. The Morgan fingerprint density at radius 3 is 1.73 bits per heavy atom. The molecular formula is C40H86N2O9P+. The van der Waals surface area contributed by atoms with Gasteiger partial charge < -0.3 is 34.0 Å². The van der Waals surface area contributed by atoms with E-state index in [1.807, 2.05) is 28.1 Å². The van der Waals surface area contributed by atoms with Crippen LogP contribution in [-0.4, -0.2) is 114 Å². The zero-order valence-corrected chi connectivity index (χ0v) is 35.7. The molecule has 2 unspecified atom stereocenters. The van der Waals surface area contributed by atoms with Gasteiger partial charge in [-0.2, -0.15) is 0 Å². The minimum atomic E-state index is -4.04. The fraction of sp³-hybridized carbons (Fsp3) is 0.975. The van der Waals surface area contributed by atoms with Crippen LogP contribution < -0.4 is 5.32 Å². The second-order valence-electron chi connectivity index (χ2n) is 15.2. The quantitative estimate of drug-likeness (QED) is 0.0241. The van der Waals surface area contributed by atoms with E-state index < -0.39 is 7.82 Å². The molecule has 0 aliphatic rings. The van der Waals surface area contributed by atoms with Crippen LogP contribution in [0.15, 0.2) is 0 Å². The molecule has 0 saturated heterocycles. The normalized spacial score (nSPS) is 13.4. The molecule has 11 nitrogen and oxygen atoms in total. The number of methoxy groups -OCH3 is 1. The van der Waals surface area contributed by atoms with Gasteiger partial charge in [-0.05, 0) is 45.7 Å². The summed E-state index contributed by atoms with van der Waals surface area (Å²) in [4.78, 5) is 21.3. The highest BCUT2D eigenvalue weighted by Gasteiger charge is 2.22. The lowest BCUT2D eigenvalue weighted by atomic mass is 10.0. The van der Waals surface area contributed by atoms with Crippen LogP contribution >= 0.6 is 7.82 Å². The Hall–Kier alpha value is -0.620. The fourth-order valence-electron chi connectivity index (χ4n) is 5.32. The number of likely N-dealkylation sites (N-methyl/N-ethyl adjacent to an activating group) is 1. The van der Waals surface area contributed by atoms with Gasteiger partial charge in [0.15, 0.2) is 0 Å². The second kappa shape index (κ2) is 40.1. The van der Waals surface area contributed by atoms with E-state index in [0.717, 1.165) is 45.4 Å². The van der Waals surface area contributed by atoms with Crippen molar-refractivity contribution in [2.75, 3.05) is 87.5 Å². The van der Waals surface area contributed by atoms with Crippen molar-refractivity contribution in [3.8, 4) is 0 Å². The monoisotopic (exact) mass is 770 g/mol. The first-order chi connectivity index (χ1) is 24.9. The number of hydrogen-bond acceptors (Lipinski definition) is 9. The Kier molecular flexibility index (Phi) is 41.2. The number of aliphatic hydroxyl groups is 1. The predicted octanol–water partition coefficient (Wildman–Crippen LogP) is 8.98. The van der Waals surface area contributed by atoms with Gasteiger partial charge in [0, 0.05) is 26.6 Å². The van der Waals surface area contributed by atoms with E-state index in [4.69, 9.17) is 28.4 Å². The number of hydrogen-bond donors (Lipinski definition) is 3. The van der Waals surface area contributed by atoms with Crippen molar-refractivity contribution in [3.63, 3.8) is 0 Å². The number of esters is 1. The van der Waals surface area contributed by atoms with Gasteiger partial charge in [-0.25, -0.2) is 4.57 Å². The van der Waals surface area contributed by atoms with Crippen molar-refractivity contribution in [2.45, 2.75) is 168 Å². The van der Waals surface area contributed by atoms with Crippen LogP contribution in [-0.2, 0) is 32.6 Å². The summed E-state index contributed by atoms with van der Waals surface area (Å²) in [7, 11) is 3.57. The molecule has 3 N–H and O–H groups in total. The molecular weight excluding hydrogens is 683 g/mol. The zero-order valence-electron chi connectivity index (χ0n) is 34.9. The summed E-state index contributed by atoms with van der Waals surface area (Å²) in [5.41, 5.74) is 0. The molecule has 0 amide bonds. The van der Waals surface area contributed by atoms with Gasteiger partial charge in [-0.15, -0.1) is 0 Å². The molecule has 0 spiro atoms. The average molecular weight is 770 g/mol. The highest BCUT2D eigenvalue weighted by molar-refractivity contribution is 7.47. The Morgan fingerprint density at radius 1 is 0.654 bits per heavy atom. The number of phosphoric ester groups is 1. The molecule has 0 aliphatic heterocycles. The van der Waals surface area contributed by atoms with E-state index in [1.165, 1.54) is 109 Å². The van der Waals surface area contributed by atoms with Gasteiger partial charge in [0.1, 0.15) is 13.2 Å². The lowest BCUT2D eigenvalue weighted by molar-refractivity contribution is -0.870. The van der Waals surface area contributed by atoms with Gasteiger partial charge in [0.2, 0.25) is 0 Å². The molecule has 0 radical (unpaired) electrons. The minimum Gasteiger partial charge on any atom is -0.466 e. The smallest absolute Gasteiger partial charge is 0.466 e. The molecule has 0 aromatic heterocycles. The molecule has 0 rings (SSSR count). The lowest BCUT2D eigenvalue weighted by Crippen LogP contribution is -2.37. The van der Waals surface area contributed by atoms with Crippen molar-refractivity contribution in [1.29, 1.82) is 0 Å². The largest absolute Gasteiger partial charge is 0.472 e.